The fourth-order valence-electron chi connectivity index (χ4n) is 2.35. The second kappa shape index (κ2) is 5.38. The third-order valence-electron chi connectivity index (χ3n) is 3.42. The Morgan fingerprint density at radius 1 is 1.32 bits per heavy atom. The standard InChI is InChI=1S/C14H21N5/c1-6-12(13-10(3)18-19(5)11(13)4)17-14-15-8-7-9(2)16-14/h7-8,12H,6H2,1-5H3,(H,15,16,17). The topological polar surface area (TPSA) is 55.6 Å². The number of nitrogens with one attached hydrogen (secondary N) is 1. The van der Waals surface area contributed by atoms with Crippen LogP contribution in [0.5, 0.6) is 0 Å². The number of anilines is 1. The van der Waals surface area contributed by atoms with Crippen LogP contribution in [0.2, 0.25) is 0 Å². The van der Waals surface area contributed by atoms with Gasteiger partial charge in [0.25, 0.3) is 0 Å². The van der Waals surface area contributed by atoms with Crippen molar-refractivity contribution < 1.29 is 0 Å². The molecule has 2 rings (SSSR count). The van der Waals surface area contributed by atoms with Gasteiger partial charge in [-0.05, 0) is 33.3 Å². The van der Waals surface area contributed by atoms with Crippen molar-refractivity contribution in [3.8, 4) is 0 Å². The fourth-order valence-corrected chi connectivity index (χ4v) is 2.35. The number of nitrogens with zero attached hydrogens (tertiary/aromatic N) is 4. The van der Waals surface area contributed by atoms with Gasteiger partial charge in [0.05, 0.1) is 11.7 Å². The van der Waals surface area contributed by atoms with Gasteiger partial charge in [0.2, 0.25) is 5.95 Å². The van der Waals surface area contributed by atoms with Crippen LogP contribution in [0.15, 0.2) is 12.3 Å². The van der Waals surface area contributed by atoms with Crippen LogP contribution in [0, 0.1) is 20.8 Å². The van der Waals surface area contributed by atoms with Crippen LogP contribution in [-0.4, -0.2) is 19.7 Å². The predicted molar refractivity (Wildman–Crippen MR) is 76.1 cm³/mol. The lowest BCUT2D eigenvalue weighted by Gasteiger charge is -2.18. The molecule has 5 heteroatoms. The Hall–Kier alpha value is -1.91. The van der Waals surface area contributed by atoms with Crippen LogP contribution in [0.3, 0.4) is 0 Å². The van der Waals surface area contributed by atoms with E-state index in [-0.39, 0.29) is 6.04 Å². The number of hydrogen-bond donors (Lipinski definition) is 1. The van der Waals surface area contributed by atoms with Gasteiger partial charge in [0, 0.05) is 30.2 Å². The summed E-state index contributed by atoms with van der Waals surface area (Å²) >= 11 is 0. The molecule has 0 saturated carbocycles. The molecule has 5 nitrogen and oxygen atoms in total. The van der Waals surface area contributed by atoms with E-state index >= 15 is 0 Å². The highest BCUT2D eigenvalue weighted by molar-refractivity contribution is 5.36. The molecule has 1 atom stereocenters. The van der Waals surface area contributed by atoms with Gasteiger partial charge in [-0.1, -0.05) is 6.92 Å². The minimum Gasteiger partial charge on any atom is -0.347 e. The van der Waals surface area contributed by atoms with Crippen LogP contribution in [-0.2, 0) is 7.05 Å². The maximum atomic E-state index is 4.47. The molecular formula is C14H21N5. The highest BCUT2D eigenvalue weighted by atomic mass is 15.3. The first kappa shape index (κ1) is 13.5. The third kappa shape index (κ3) is 2.75. The SMILES string of the molecule is CCC(Nc1nccc(C)n1)c1c(C)nn(C)c1C. The van der Waals surface area contributed by atoms with E-state index in [1.54, 1.807) is 6.20 Å². The largest absolute Gasteiger partial charge is 0.347 e. The molecule has 19 heavy (non-hydrogen) atoms. The van der Waals surface area contributed by atoms with E-state index in [9.17, 15) is 0 Å². The first-order valence-corrected chi connectivity index (χ1v) is 6.59. The van der Waals surface area contributed by atoms with E-state index in [0.29, 0.717) is 5.95 Å². The minimum absolute atomic E-state index is 0.190. The normalized spacial score (nSPS) is 12.5. The maximum absolute atomic E-state index is 4.47. The molecule has 1 unspecified atom stereocenters. The van der Waals surface area contributed by atoms with Gasteiger partial charge in [0.1, 0.15) is 0 Å². The molecule has 0 amide bonds. The summed E-state index contributed by atoms with van der Waals surface area (Å²) in [5.41, 5.74) is 4.46. The van der Waals surface area contributed by atoms with Crippen molar-refractivity contribution in [2.75, 3.05) is 5.32 Å². The zero-order valence-corrected chi connectivity index (χ0v) is 12.2. The minimum atomic E-state index is 0.190. The maximum Gasteiger partial charge on any atom is 0.223 e. The molecule has 0 radical (unpaired) electrons. The van der Waals surface area contributed by atoms with Gasteiger partial charge >= 0.3 is 0 Å². The third-order valence-corrected chi connectivity index (χ3v) is 3.42. The van der Waals surface area contributed by atoms with E-state index < -0.39 is 0 Å². The molecule has 0 aliphatic rings. The van der Waals surface area contributed by atoms with Gasteiger partial charge in [-0.25, -0.2) is 9.97 Å². The van der Waals surface area contributed by atoms with Crippen molar-refractivity contribution >= 4 is 5.95 Å². The van der Waals surface area contributed by atoms with E-state index in [2.05, 4.69) is 34.2 Å². The van der Waals surface area contributed by atoms with Crippen molar-refractivity contribution in [2.24, 2.45) is 7.05 Å². The molecule has 0 saturated heterocycles. The van der Waals surface area contributed by atoms with Crippen LogP contribution in [0.1, 0.15) is 42.0 Å². The van der Waals surface area contributed by atoms with Crippen molar-refractivity contribution in [3.63, 3.8) is 0 Å². The predicted octanol–water partition coefficient (Wildman–Crippen LogP) is 2.70. The van der Waals surface area contributed by atoms with E-state index in [4.69, 9.17) is 0 Å². The van der Waals surface area contributed by atoms with Gasteiger partial charge in [0.15, 0.2) is 0 Å². The zero-order chi connectivity index (χ0) is 14.0. The summed E-state index contributed by atoms with van der Waals surface area (Å²) in [6.07, 6.45) is 2.74. The average Bonchev–Trinajstić information content (AvgIpc) is 2.61. The molecule has 0 aliphatic carbocycles. The summed E-state index contributed by atoms with van der Waals surface area (Å²) in [5.74, 6) is 0.675. The average molecular weight is 259 g/mol. The summed E-state index contributed by atoms with van der Waals surface area (Å²) in [5, 5.41) is 7.88. The lowest BCUT2D eigenvalue weighted by molar-refractivity contribution is 0.711. The van der Waals surface area contributed by atoms with E-state index in [1.165, 1.54) is 11.3 Å². The lowest BCUT2D eigenvalue weighted by atomic mass is 10.0. The number of hydrogen-bond acceptors (Lipinski definition) is 4. The number of aromatic nitrogens is 4. The molecule has 0 aliphatic heterocycles. The second-order valence-corrected chi connectivity index (χ2v) is 4.83. The van der Waals surface area contributed by atoms with Crippen LogP contribution >= 0.6 is 0 Å². The fraction of sp³-hybridized carbons (Fsp3) is 0.500. The Morgan fingerprint density at radius 2 is 2.05 bits per heavy atom. The first-order valence-electron chi connectivity index (χ1n) is 6.59. The Bertz CT molecular complexity index is 573. The molecular weight excluding hydrogens is 238 g/mol. The summed E-state index contributed by atoms with van der Waals surface area (Å²) in [4.78, 5) is 8.67. The van der Waals surface area contributed by atoms with Crippen molar-refractivity contribution in [1.82, 2.24) is 19.7 Å². The highest BCUT2D eigenvalue weighted by Gasteiger charge is 2.19. The summed E-state index contributed by atoms with van der Waals surface area (Å²) in [6.45, 7) is 8.26. The molecule has 0 fully saturated rings. The Labute approximate surface area is 114 Å². The van der Waals surface area contributed by atoms with Crippen LogP contribution in [0.25, 0.3) is 0 Å². The molecule has 0 spiro atoms. The van der Waals surface area contributed by atoms with Gasteiger partial charge in [-0.15, -0.1) is 0 Å². The zero-order valence-electron chi connectivity index (χ0n) is 12.2. The summed E-state index contributed by atoms with van der Waals surface area (Å²) < 4.78 is 1.92. The smallest absolute Gasteiger partial charge is 0.223 e. The van der Waals surface area contributed by atoms with E-state index in [1.807, 2.05) is 31.6 Å². The van der Waals surface area contributed by atoms with Gasteiger partial charge in [-0.3, -0.25) is 4.68 Å². The monoisotopic (exact) mass is 259 g/mol. The Kier molecular flexibility index (Phi) is 3.83. The lowest BCUT2D eigenvalue weighted by Crippen LogP contribution is -2.14. The Morgan fingerprint density at radius 3 is 2.58 bits per heavy atom. The van der Waals surface area contributed by atoms with Crippen molar-refractivity contribution in [3.05, 3.63) is 34.9 Å². The van der Waals surface area contributed by atoms with Crippen LogP contribution < -0.4 is 5.32 Å². The molecule has 102 valence electrons. The molecule has 0 bridgehead atoms. The first-order chi connectivity index (χ1) is 9.02. The second-order valence-electron chi connectivity index (χ2n) is 4.83. The molecule has 2 aromatic heterocycles. The van der Waals surface area contributed by atoms with Gasteiger partial charge in [-0.2, -0.15) is 5.10 Å². The molecule has 2 heterocycles. The quantitative estimate of drug-likeness (QED) is 0.917. The van der Waals surface area contributed by atoms with Gasteiger partial charge < -0.3 is 5.32 Å². The van der Waals surface area contributed by atoms with Crippen molar-refractivity contribution in [1.29, 1.82) is 0 Å². The highest BCUT2D eigenvalue weighted by Crippen LogP contribution is 2.26. The molecule has 1 N–H and O–H groups in total. The number of rotatable bonds is 4. The summed E-state index contributed by atoms with van der Waals surface area (Å²) in [6, 6.07) is 2.09. The molecule has 0 aromatic carbocycles. The Balaban J connectivity index is 2.30. The summed E-state index contributed by atoms with van der Waals surface area (Å²) in [7, 11) is 1.97. The number of aryl methyl sites for hydroxylation is 3. The van der Waals surface area contributed by atoms with Crippen molar-refractivity contribution in [2.45, 2.75) is 40.2 Å². The van der Waals surface area contributed by atoms with Crippen LogP contribution in [0.4, 0.5) is 5.95 Å². The van der Waals surface area contributed by atoms with E-state index in [0.717, 1.165) is 17.8 Å². The molecule has 2 aromatic rings.